The summed E-state index contributed by atoms with van der Waals surface area (Å²) in [6, 6.07) is 25.1. The molecule has 0 unspecified atom stereocenters. The highest BCUT2D eigenvalue weighted by Crippen LogP contribution is 2.23. The smallest absolute Gasteiger partial charge is 0.266 e. The van der Waals surface area contributed by atoms with Crippen molar-refractivity contribution in [1.29, 1.82) is 0 Å². The number of fused-ring (bicyclic) bond motifs is 2. The Bertz CT molecular complexity index is 1290. The second kappa shape index (κ2) is 8.40. The van der Waals surface area contributed by atoms with Crippen molar-refractivity contribution in [3.05, 3.63) is 100 Å². The van der Waals surface area contributed by atoms with Gasteiger partial charge in [-0.3, -0.25) is 14.2 Å². The largest absolute Gasteiger partial charge is 0.352 e. The highest BCUT2D eigenvalue weighted by atomic mass is 32.2. The Morgan fingerprint density at radius 2 is 1.58 bits per heavy atom. The number of benzene rings is 3. The van der Waals surface area contributed by atoms with Gasteiger partial charge < -0.3 is 5.32 Å². The minimum Gasteiger partial charge on any atom is -0.352 e. The average Bonchev–Trinajstić information content (AvgIpc) is 3.20. The van der Waals surface area contributed by atoms with Crippen LogP contribution in [0.4, 0.5) is 0 Å². The van der Waals surface area contributed by atoms with Gasteiger partial charge >= 0.3 is 0 Å². The van der Waals surface area contributed by atoms with Crippen molar-refractivity contribution in [3.8, 4) is 5.69 Å². The summed E-state index contributed by atoms with van der Waals surface area (Å²) in [6.07, 6.45) is 1.71. The van der Waals surface area contributed by atoms with E-state index in [1.54, 1.807) is 10.6 Å². The van der Waals surface area contributed by atoms with Crippen molar-refractivity contribution < 1.29 is 4.79 Å². The van der Waals surface area contributed by atoms with Crippen LogP contribution < -0.4 is 10.9 Å². The lowest BCUT2D eigenvalue weighted by Crippen LogP contribution is -2.36. The Labute approximate surface area is 184 Å². The molecule has 0 bridgehead atoms. The van der Waals surface area contributed by atoms with E-state index in [0.717, 1.165) is 18.5 Å². The molecule has 31 heavy (non-hydrogen) atoms. The van der Waals surface area contributed by atoms with Gasteiger partial charge in [0.15, 0.2) is 5.16 Å². The van der Waals surface area contributed by atoms with E-state index in [-0.39, 0.29) is 23.3 Å². The summed E-state index contributed by atoms with van der Waals surface area (Å²) in [4.78, 5) is 30.6. The number of carbonyl (C=O) groups is 1. The van der Waals surface area contributed by atoms with Gasteiger partial charge in [-0.1, -0.05) is 66.4 Å². The SMILES string of the molecule is O=C(CSc1nc2ccccc2c(=O)n1-c1ccccc1)NC1Cc2ccccc2C1. The average molecular weight is 428 g/mol. The molecule has 0 radical (unpaired) electrons. The molecule has 0 aliphatic heterocycles. The highest BCUT2D eigenvalue weighted by Gasteiger charge is 2.23. The molecule has 0 saturated carbocycles. The van der Waals surface area contributed by atoms with E-state index < -0.39 is 0 Å². The van der Waals surface area contributed by atoms with Crippen LogP contribution in [0, 0.1) is 0 Å². The Balaban J connectivity index is 1.38. The third-order valence-electron chi connectivity index (χ3n) is 5.51. The van der Waals surface area contributed by atoms with Crippen LogP contribution >= 0.6 is 11.8 Å². The summed E-state index contributed by atoms with van der Waals surface area (Å²) in [5.74, 6) is 0.148. The molecule has 1 heterocycles. The minimum absolute atomic E-state index is 0.0511. The molecule has 1 aliphatic rings. The van der Waals surface area contributed by atoms with Gasteiger partial charge in [0, 0.05) is 6.04 Å². The molecule has 0 atom stereocenters. The van der Waals surface area contributed by atoms with Crippen LogP contribution in [-0.4, -0.2) is 27.3 Å². The number of aromatic nitrogens is 2. The number of hydrogen-bond donors (Lipinski definition) is 1. The molecule has 4 aromatic rings. The highest BCUT2D eigenvalue weighted by molar-refractivity contribution is 7.99. The van der Waals surface area contributed by atoms with E-state index in [1.807, 2.05) is 60.7 Å². The van der Waals surface area contributed by atoms with Crippen LogP contribution in [0.3, 0.4) is 0 Å². The molecule has 1 aliphatic carbocycles. The molecule has 1 aromatic heterocycles. The Kier molecular flexibility index (Phi) is 5.30. The summed E-state index contributed by atoms with van der Waals surface area (Å²) in [6.45, 7) is 0. The zero-order valence-electron chi connectivity index (χ0n) is 16.8. The van der Waals surface area contributed by atoms with Crippen molar-refractivity contribution in [3.63, 3.8) is 0 Å². The van der Waals surface area contributed by atoms with Gasteiger partial charge in [-0.2, -0.15) is 0 Å². The zero-order valence-corrected chi connectivity index (χ0v) is 17.6. The normalized spacial score (nSPS) is 13.3. The van der Waals surface area contributed by atoms with E-state index in [9.17, 15) is 9.59 Å². The van der Waals surface area contributed by atoms with E-state index in [2.05, 4.69) is 17.4 Å². The summed E-state index contributed by atoms with van der Waals surface area (Å²) in [5, 5.41) is 4.20. The molecule has 154 valence electrons. The van der Waals surface area contributed by atoms with Crippen molar-refractivity contribution in [2.24, 2.45) is 0 Å². The molecule has 0 fully saturated rings. The second-order valence-corrected chi connectivity index (χ2v) is 8.56. The fourth-order valence-electron chi connectivity index (χ4n) is 4.07. The number of thioether (sulfide) groups is 1. The Morgan fingerprint density at radius 1 is 0.935 bits per heavy atom. The Hall–Kier alpha value is -3.38. The molecule has 0 spiro atoms. The van der Waals surface area contributed by atoms with Crippen LogP contribution in [0.15, 0.2) is 88.8 Å². The van der Waals surface area contributed by atoms with Crippen LogP contribution in [0.1, 0.15) is 11.1 Å². The predicted molar refractivity (Wildman–Crippen MR) is 124 cm³/mol. The summed E-state index contributed by atoms with van der Waals surface area (Å²) in [7, 11) is 0. The minimum atomic E-state index is -0.133. The van der Waals surface area contributed by atoms with Gasteiger partial charge in [0.2, 0.25) is 5.91 Å². The third-order valence-corrected chi connectivity index (χ3v) is 6.45. The molecule has 3 aromatic carbocycles. The summed E-state index contributed by atoms with van der Waals surface area (Å²) >= 11 is 1.29. The van der Waals surface area contributed by atoms with Crippen LogP contribution in [0.2, 0.25) is 0 Å². The lowest BCUT2D eigenvalue weighted by atomic mass is 10.1. The molecular formula is C25H21N3O2S. The van der Waals surface area contributed by atoms with Crippen molar-refractivity contribution in [2.45, 2.75) is 24.0 Å². The van der Waals surface area contributed by atoms with Crippen molar-refractivity contribution >= 4 is 28.6 Å². The van der Waals surface area contributed by atoms with Crippen molar-refractivity contribution in [1.82, 2.24) is 14.9 Å². The maximum Gasteiger partial charge on any atom is 0.266 e. The fourth-order valence-corrected chi connectivity index (χ4v) is 4.90. The molecule has 6 heteroatoms. The third kappa shape index (κ3) is 3.99. The van der Waals surface area contributed by atoms with E-state index in [4.69, 9.17) is 4.98 Å². The number of rotatable bonds is 5. The predicted octanol–water partition coefficient (Wildman–Crippen LogP) is 3.76. The number of amides is 1. The number of nitrogens with one attached hydrogen (secondary N) is 1. The Morgan fingerprint density at radius 3 is 2.32 bits per heavy atom. The lowest BCUT2D eigenvalue weighted by molar-refractivity contribution is -0.119. The summed E-state index contributed by atoms with van der Waals surface area (Å²) in [5.41, 5.74) is 3.84. The monoisotopic (exact) mass is 427 g/mol. The molecule has 0 saturated heterocycles. The van der Waals surface area contributed by atoms with Gasteiger partial charge in [-0.05, 0) is 48.2 Å². The molecule has 1 amide bonds. The molecule has 1 N–H and O–H groups in total. The van der Waals surface area contributed by atoms with E-state index in [0.29, 0.717) is 16.1 Å². The number of para-hydroxylation sites is 2. The summed E-state index contributed by atoms with van der Waals surface area (Å²) < 4.78 is 1.59. The van der Waals surface area contributed by atoms with Gasteiger partial charge in [-0.25, -0.2) is 4.98 Å². The number of carbonyl (C=O) groups excluding carboxylic acids is 1. The first kappa shape index (κ1) is 19.6. The van der Waals surface area contributed by atoms with Gasteiger partial charge in [0.25, 0.3) is 5.56 Å². The zero-order chi connectivity index (χ0) is 21.2. The maximum atomic E-state index is 13.2. The first-order valence-corrected chi connectivity index (χ1v) is 11.2. The van der Waals surface area contributed by atoms with E-state index in [1.165, 1.54) is 22.9 Å². The second-order valence-electron chi connectivity index (χ2n) is 7.62. The molecular weight excluding hydrogens is 406 g/mol. The quantitative estimate of drug-likeness (QED) is 0.389. The first-order valence-electron chi connectivity index (χ1n) is 10.3. The lowest BCUT2D eigenvalue weighted by Gasteiger charge is -2.14. The number of nitrogens with zero attached hydrogens (tertiary/aromatic N) is 2. The van der Waals surface area contributed by atoms with E-state index >= 15 is 0 Å². The molecule has 5 rings (SSSR count). The van der Waals surface area contributed by atoms with Crippen molar-refractivity contribution in [2.75, 3.05) is 5.75 Å². The van der Waals surface area contributed by atoms with Crippen LogP contribution in [0.25, 0.3) is 16.6 Å². The van der Waals surface area contributed by atoms with Crippen LogP contribution in [0.5, 0.6) is 0 Å². The topological polar surface area (TPSA) is 64.0 Å². The molecule has 5 nitrogen and oxygen atoms in total. The van der Waals surface area contributed by atoms with Gasteiger partial charge in [0.05, 0.1) is 22.3 Å². The first-order chi connectivity index (χ1) is 15.2. The number of hydrogen-bond acceptors (Lipinski definition) is 4. The van der Waals surface area contributed by atoms with Gasteiger partial charge in [-0.15, -0.1) is 0 Å². The van der Waals surface area contributed by atoms with Gasteiger partial charge in [0.1, 0.15) is 0 Å². The van der Waals surface area contributed by atoms with Crippen LogP contribution in [-0.2, 0) is 17.6 Å². The fraction of sp³-hybridized carbons (Fsp3) is 0.160. The maximum absolute atomic E-state index is 13.2. The standard InChI is InChI=1S/C25H21N3O2S/c29-23(26-19-14-17-8-4-5-9-18(17)15-19)16-31-25-27-22-13-7-6-12-21(22)24(30)28(25)20-10-2-1-3-11-20/h1-13,19H,14-16H2,(H,26,29).